The number of rotatable bonds is 6. The van der Waals surface area contributed by atoms with Crippen LogP contribution >= 0.6 is 11.6 Å². The van der Waals surface area contributed by atoms with Crippen LogP contribution in [0, 0.1) is 11.3 Å². The van der Waals surface area contributed by atoms with Crippen LogP contribution in [0.3, 0.4) is 0 Å². The van der Waals surface area contributed by atoms with Crippen molar-refractivity contribution in [2.24, 2.45) is 11.3 Å². The predicted molar refractivity (Wildman–Crippen MR) is 90.1 cm³/mol. The molecule has 1 aliphatic heterocycles. The molecule has 2 fully saturated rings. The van der Waals surface area contributed by atoms with E-state index in [2.05, 4.69) is 10.6 Å². The van der Waals surface area contributed by atoms with Crippen molar-refractivity contribution in [2.75, 3.05) is 38.7 Å². The first kappa shape index (κ1) is 16.6. The minimum Gasteiger partial charge on any atom is -0.490 e. The third-order valence-electron chi connectivity index (χ3n) is 4.85. The number of nitrogens with one attached hydrogen (secondary N) is 2. The smallest absolute Gasteiger partial charge is 0.228 e. The monoisotopic (exact) mass is 338 g/mol. The molecule has 1 unspecified atom stereocenters. The third kappa shape index (κ3) is 3.79. The number of hydrogen-bond donors (Lipinski definition) is 2. The molecule has 1 saturated heterocycles. The molecular weight excluding hydrogens is 316 g/mol. The maximum absolute atomic E-state index is 12.4. The maximum Gasteiger partial charge on any atom is 0.228 e. The molecule has 0 aromatic heterocycles. The Kier molecular flexibility index (Phi) is 5.09. The zero-order valence-electron chi connectivity index (χ0n) is 13.4. The largest absolute Gasteiger partial charge is 0.490 e. The number of methoxy groups -OCH3 is 1. The molecule has 1 aromatic carbocycles. The minimum absolute atomic E-state index is 0.107. The molecule has 2 N–H and O–H groups in total. The lowest BCUT2D eigenvalue weighted by molar-refractivity contribution is -0.118. The van der Waals surface area contributed by atoms with E-state index < -0.39 is 0 Å². The molecular formula is C17H23ClN2O3. The summed E-state index contributed by atoms with van der Waals surface area (Å²) in [6, 6.07) is 5.34. The molecule has 0 bridgehead atoms. The average molecular weight is 339 g/mol. The van der Waals surface area contributed by atoms with Crippen LogP contribution in [0.4, 0.5) is 5.69 Å². The first-order chi connectivity index (χ1) is 11.1. The molecule has 3 rings (SSSR count). The maximum atomic E-state index is 12.4. The van der Waals surface area contributed by atoms with Crippen molar-refractivity contribution in [3.63, 3.8) is 0 Å². The second kappa shape index (κ2) is 7.07. The van der Waals surface area contributed by atoms with Crippen LogP contribution in [0.15, 0.2) is 18.2 Å². The van der Waals surface area contributed by atoms with E-state index in [4.69, 9.17) is 21.1 Å². The van der Waals surface area contributed by atoms with Gasteiger partial charge in [0.25, 0.3) is 0 Å². The summed E-state index contributed by atoms with van der Waals surface area (Å²) < 4.78 is 10.4. The third-order valence-corrected chi connectivity index (χ3v) is 5.15. The molecule has 6 heteroatoms. The van der Waals surface area contributed by atoms with E-state index in [0.29, 0.717) is 24.0 Å². The van der Waals surface area contributed by atoms with E-state index in [-0.39, 0.29) is 17.2 Å². The number of carbonyl (C=O) groups excluding carboxylic acids is 1. The van der Waals surface area contributed by atoms with Gasteiger partial charge in [0.2, 0.25) is 5.91 Å². The van der Waals surface area contributed by atoms with Crippen LogP contribution in [0.25, 0.3) is 0 Å². The first-order valence-corrected chi connectivity index (χ1v) is 8.45. The van der Waals surface area contributed by atoms with E-state index in [1.54, 1.807) is 19.2 Å². The van der Waals surface area contributed by atoms with Crippen molar-refractivity contribution in [1.29, 1.82) is 0 Å². The van der Waals surface area contributed by atoms with Crippen molar-refractivity contribution in [1.82, 2.24) is 5.32 Å². The van der Waals surface area contributed by atoms with Gasteiger partial charge in [0.1, 0.15) is 12.4 Å². The van der Waals surface area contributed by atoms with Crippen molar-refractivity contribution in [3.8, 4) is 5.75 Å². The molecule has 0 radical (unpaired) electrons. The molecule has 126 valence electrons. The summed E-state index contributed by atoms with van der Waals surface area (Å²) in [5, 5.41) is 6.83. The number of hydrogen-bond acceptors (Lipinski definition) is 4. The van der Waals surface area contributed by atoms with Crippen LogP contribution in [0.2, 0.25) is 5.02 Å². The predicted octanol–water partition coefficient (Wildman–Crippen LogP) is 2.69. The molecule has 5 nitrogen and oxygen atoms in total. The number of amides is 1. The van der Waals surface area contributed by atoms with Crippen molar-refractivity contribution in [3.05, 3.63) is 23.2 Å². The highest BCUT2D eigenvalue weighted by Gasteiger charge is 2.57. The Morgan fingerprint density at radius 3 is 2.87 bits per heavy atom. The highest BCUT2D eigenvalue weighted by atomic mass is 35.5. The molecule has 23 heavy (non-hydrogen) atoms. The zero-order valence-corrected chi connectivity index (χ0v) is 14.1. The SMILES string of the molecule is COCCOc1ccc(NC(=O)C2CC23CCNCC3)cc1Cl. The van der Waals surface area contributed by atoms with Crippen LogP contribution in [0.1, 0.15) is 19.3 Å². The Hall–Kier alpha value is -1.30. The molecule has 1 heterocycles. The number of benzene rings is 1. The number of ether oxygens (including phenoxy) is 2. The summed E-state index contributed by atoms with van der Waals surface area (Å²) in [7, 11) is 1.62. The molecule has 1 saturated carbocycles. The number of piperidine rings is 1. The summed E-state index contributed by atoms with van der Waals surface area (Å²) in [5.41, 5.74) is 0.956. The summed E-state index contributed by atoms with van der Waals surface area (Å²) >= 11 is 6.20. The fourth-order valence-electron chi connectivity index (χ4n) is 3.36. The zero-order chi connectivity index (χ0) is 16.3. The molecule has 1 atom stereocenters. The van der Waals surface area contributed by atoms with Crippen molar-refractivity contribution >= 4 is 23.2 Å². The van der Waals surface area contributed by atoms with E-state index >= 15 is 0 Å². The summed E-state index contributed by atoms with van der Waals surface area (Å²) in [4.78, 5) is 12.4. The Balaban J connectivity index is 1.56. The summed E-state index contributed by atoms with van der Waals surface area (Å²) in [6.07, 6.45) is 3.20. The standard InChI is InChI=1S/C17H23ClN2O3/c1-22-8-9-23-15-3-2-12(10-14(15)18)20-16(21)13-11-17(13)4-6-19-7-5-17/h2-3,10,13,19H,4-9,11H2,1H3,(H,20,21). The van der Waals surface area contributed by atoms with E-state index in [1.165, 1.54) is 0 Å². The Morgan fingerprint density at radius 1 is 1.39 bits per heavy atom. The fourth-order valence-corrected chi connectivity index (χ4v) is 3.59. The van der Waals surface area contributed by atoms with Gasteiger partial charge in [0.15, 0.2) is 0 Å². The lowest BCUT2D eigenvalue weighted by Crippen LogP contribution is -2.31. The first-order valence-electron chi connectivity index (χ1n) is 8.07. The van der Waals surface area contributed by atoms with Crippen LogP contribution in [-0.2, 0) is 9.53 Å². The lowest BCUT2D eigenvalue weighted by atomic mass is 9.92. The molecule has 1 amide bonds. The lowest BCUT2D eigenvalue weighted by Gasteiger charge is -2.23. The van der Waals surface area contributed by atoms with Gasteiger partial charge >= 0.3 is 0 Å². The van der Waals surface area contributed by atoms with Gasteiger partial charge in [-0.15, -0.1) is 0 Å². The summed E-state index contributed by atoms with van der Waals surface area (Å²) in [6.45, 7) is 2.99. The van der Waals surface area contributed by atoms with Gasteiger partial charge in [-0.2, -0.15) is 0 Å². The molecule has 1 aliphatic carbocycles. The number of anilines is 1. The molecule has 1 aromatic rings. The highest BCUT2D eigenvalue weighted by Crippen LogP contribution is 2.58. The van der Waals surface area contributed by atoms with E-state index in [0.717, 1.165) is 38.0 Å². The van der Waals surface area contributed by atoms with Gasteiger partial charge in [-0.1, -0.05) is 11.6 Å². The van der Waals surface area contributed by atoms with E-state index in [1.807, 2.05) is 6.07 Å². The number of carbonyl (C=O) groups is 1. The molecule has 2 aliphatic rings. The Morgan fingerprint density at radius 2 is 2.17 bits per heavy atom. The van der Waals surface area contributed by atoms with E-state index in [9.17, 15) is 4.79 Å². The second-order valence-corrected chi connectivity index (χ2v) is 6.75. The van der Waals surface area contributed by atoms with Crippen molar-refractivity contribution < 1.29 is 14.3 Å². The van der Waals surface area contributed by atoms with Crippen LogP contribution in [-0.4, -0.2) is 39.3 Å². The minimum atomic E-state index is 0.107. The second-order valence-electron chi connectivity index (χ2n) is 6.34. The van der Waals surface area contributed by atoms with Gasteiger partial charge in [0, 0.05) is 18.7 Å². The van der Waals surface area contributed by atoms with Gasteiger partial charge in [-0.05, 0) is 56.0 Å². The number of halogens is 1. The van der Waals surface area contributed by atoms with Crippen LogP contribution < -0.4 is 15.4 Å². The Bertz CT molecular complexity index is 573. The summed E-state index contributed by atoms with van der Waals surface area (Å²) in [5.74, 6) is 0.847. The highest BCUT2D eigenvalue weighted by molar-refractivity contribution is 6.32. The van der Waals surface area contributed by atoms with Gasteiger partial charge in [-0.3, -0.25) is 4.79 Å². The van der Waals surface area contributed by atoms with Gasteiger partial charge in [0.05, 0.1) is 11.6 Å². The van der Waals surface area contributed by atoms with Crippen molar-refractivity contribution in [2.45, 2.75) is 19.3 Å². The Labute approximate surface area is 141 Å². The molecule has 1 spiro atoms. The normalized spacial score (nSPS) is 21.9. The topological polar surface area (TPSA) is 59.6 Å². The van der Waals surface area contributed by atoms with Gasteiger partial charge in [-0.25, -0.2) is 0 Å². The average Bonchev–Trinajstić information content (AvgIpc) is 3.23. The quantitative estimate of drug-likeness (QED) is 0.783. The fraction of sp³-hybridized carbons (Fsp3) is 0.588. The van der Waals surface area contributed by atoms with Gasteiger partial charge < -0.3 is 20.1 Å². The van der Waals surface area contributed by atoms with Crippen LogP contribution in [0.5, 0.6) is 5.75 Å².